The first-order chi connectivity index (χ1) is 8.46. The van der Waals surface area contributed by atoms with E-state index in [9.17, 15) is 0 Å². The van der Waals surface area contributed by atoms with Gasteiger partial charge in [-0.05, 0) is 77.1 Å². The van der Waals surface area contributed by atoms with Crippen molar-refractivity contribution in [1.29, 1.82) is 5.26 Å². The van der Waals surface area contributed by atoms with Gasteiger partial charge in [-0.25, -0.2) is 0 Å². The number of para-hydroxylation sites is 1. The minimum Gasteiger partial charge on any atom is -0.491 e. The van der Waals surface area contributed by atoms with Crippen LogP contribution in [0.5, 0.6) is 5.75 Å². The minimum atomic E-state index is -0.228. The van der Waals surface area contributed by atoms with Gasteiger partial charge in [0.05, 0.1) is 27.0 Å². The van der Waals surface area contributed by atoms with Gasteiger partial charge >= 0.3 is 0 Å². The molecule has 98 valence electrons. The summed E-state index contributed by atoms with van der Waals surface area (Å²) in [5, 5.41) is 8.91. The average Bonchev–Trinajstić information content (AvgIpc) is 2.32. The standard InChI is InChI=1S/C14H17Br2NO/c1-14(2,10-17)8-3-4-9-18-13-11(15)6-5-7-12(13)16/h5-7H,3-4,8-9H2,1-2H3. The zero-order chi connectivity index (χ0) is 13.6. The van der Waals surface area contributed by atoms with Crippen molar-refractivity contribution in [3.05, 3.63) is 27.1 Å². The van der Waals surface area contributed by atoms with Crippen LogP contribution in [0.2, 0.25) is 0 Å². The van der Waals surface area contributed by atoms with Gasteiger partial charge in [0.15, 0.2) is 0 Å². The molecule has 1 aromatic carbocycles. The topological polar surface area (TPSA) is 33.0 Å². The lowest BCUT2D eigenvalue weighted by molar-refractivity contribution is 0.292. The molecular formula is C14H17Br2NO. The number of ether oxygens (including phenoxy) is 1. The Morgan fingerprint density at radius 1 is 1.22 bits per heavy atom. The number of unbranched alkanes of at least 4 members (excludes halogenated alkanes) is 1. The summed E-state index contributed by atoms with van der Waals surface area (Å²) in [4.78, 5) is 0. The fraction of sp³-hybridized carbons (Fsp3) is 0.500. The van der Waals surface area contributed by atoms with E-state index in [1.807, 2.05) is 32.0 Å². The highest BCUT2D eigenvalue weighted by Gasteiger charge is 2.15. The fourth-order valence-electron chi connectivity index (χ4n) is 1.52. The maximum absolute atomic E-state index is 8.91. The quantitative estimate of drug-likeness (QED) is 0.632. The smallest absolute Gasteiger partial charge is 0.147 e. The average molecular weight is 375 g/mol. The second-order valence-corrected chi connectivity index (χ2v) is 6.56. The summed E-state index contributed by atoms with van der Waals surface area (Å²) in [6, 6.07) is 8.18. The van der Waals surface area contributed by atoms with Crippen molar-refractivity contribution >= 4 is 31.9 Å². The monoisotopic (exact) mass is 373 g/mol. The Morgan fingerprint density at radius 2 is 1.83 bits per heavy atom. The lowest BCUT2D eigenvalue weighted by Gasteiger charge is -2.15. The van der Waals surface area contributed by atoms with E-state index >= 15 is 0 Å². The molecule has 0 aliphatic carbocycles. The van der Waals surface area contributed by atoms with Gasteiger partial charge in [-0.1, -0.05) is 6.07 Å². The molecule has 4 heteroatoms. The van der Waals surface area contributed by atoms with Crippen LogP contribution in [-0.4, -0.2) is 6.61 Å². The summed E-state index contributed by atoms with van der Waals surface area (Å²) in [6.45, 7) is 4.61. The summed E-state index contributed by atoms with van der Waals surface area (Å²) < 4.78 is 7.65. The first-order valence-corrected chi connectivity index (χ1v) is 7.53. The van der Waals surface area contributed by atoms with Crippen molar-refractivity contribution < 1.29 is 4.74 Å². The van der Waals surface area contributed by atoms with Gasteiger partial charge < -0.3 is 4.74 Å². The van der Waals surface area contributed by atoms with Crippen LogP contribution in [0.1, 0.15) is 33.1 Å². The van der Waals surface area contributed by atoms with Crippen molar-refractivity contribution in [2.24, 2.45) is 5.41 Å². The first-order valence-electron chi connectivity index (χ1n) is 5.94. The summed E-state index contributed by atoms with van der Waals surface area (Å²) in [6.07, 6.45) is 2.87. The third-order valence-corrected chi connectivity index (χ3v) is 3.91. The Balaban J connectivity index is 2.33. The molecule has 0 aliphatic heterocycles. The second kappa shape index (κ2) is 7.16. The molecule has 0 saturated heterocycles. The van der Waals surface area contributed by atoms with E-state index in [-0.39, 0.29) is 5.41 Å². The molecule has 0 N–H and O–H groups in total. The molecular weight excluding hydrogens is 358 g/mol. The number of nitrogens with zero attached hydrogens (tertiary/aromatic N) is 1. The number of rotatable bonds is 6. The Kier molecular flexibility index (Phi) is 6.17. The lowest BCUT2D eigenvalue weighted by atomic mass is 9.89. The summed E-state index contributed by atoms with van der Waals surface area (Å²) in [7, 11) is 0. The Labute approximate surface area is 126 Å². The molecule has 0 aliphatic rings. The van der Waals surface area contributed by atoms with E-state index in [0.717, 1.165) is 34.0 Å². The fourth-order valence-corrected chi connectivity index (χ4v) is 2.75. The lowest BCUT2D eigenvalue weighted by Crippen LogP contribution is -2.08. The molecule has 0 atom stereocenters. The molecule has 0 spiro atoms. The Hall–Kier alpha value is -0.530. The van der Waals surface area contributed by atoms with Gasteiger partial charge in [0.1, 0.15) is 5.75 Å². The van der Waals surface area contributed by atoms with Gasteiger partial charge in [-0.15, -0.1) is 0 Å². The normalized spacial score (nSPS) is 11.1. The van der Waals surface area contributed by atoms with Crippen LogP contribution >= 0.6 is 31.9 Å². The number of hydrogen-bond acceptors (Lipinski definition) is 2. The molecule has 0 bridgehead atoms. The Morgan fingerprint density at radius 3 is 2.39 bits per heavy atom. The van der Waals surface area contributed by atoms with Crippen LogP contribution in [0.4, 0.5) is 0 Å². The number of nitriles is 1. The van der Waals surface area contributed by atoms with Crippen LogP contribution in [0.3, 0.4) is 0 Å². The highest BCUT2D eigenvalue weighted by molar-refractivity contribution is 9.11. The summed E-state index contributed by atoms with van der Waals surface area (Å²) in [5.41, 5.74) is -0.228. The van der Waals surface area contributed by atoms with Crippen LogP contribution in [-0.2, 0) is 0 Å². The maximum Gasteiger partial charge on any atom is 0.147 e. The van der Waals surface area contributed by atoms with Gasteiger partial charge in [0.2, 0.25) is 0 Å². The molecule has 1 aromatic rings. The van der Waals surface area contributed by atoms with E-state index < -0.39 is 0 Å². The molecule has 0 amide bonds. The molecule has 0 heterocycles. The molecule has 0 aromatic heterocycles. The van der Waals surface area contributed by atoms with Crippen LogP contribution in [0.15, 0.2) is 27.1 Å². The minimum absolute atomic E-state index is 0.228. The maximum atomic E-state index is 8.91. The zero-order valence-corrected chi connectivity index (χ0v) is 13.8. The van der Waals surface area contributed by atoms with Crippen molar-refractivity contribution in [2.75, 3.05) is 6.61 Å². The summed E-state index contributed by atoms with van der Waals surface area (Å²) >= 11 is 6.92. The van der Waals surface area contributed by atoms with E-state index in [4.69, 9.17) is 10.00 Å². The van der Waals surface area contributed by atoms with E-state index in [0.29, 0.717) is 6.61 Å². The third kappa shape index (κ3) is 4.99. The molecule has 0 saturated carbocycles. The second-order valence-electron chi connectivity index (χ2n) is 4.85. The zero-order valence-electron chi connectivity index (χ0n) is 10.7. The molecule has 0 unspecified atom stereocenters. The van der Waals surface area contributed by atoms with Crippen molar-refractivity contribution in [2.45, 2.75) is 33.1 Å². The first kappa shape index (κ1) is 15.5. The molecule has 0 fully saturated rings. The van der Waals surface area contributed by atoms with Gasteiger partial charge in [0.25, 0.3) is 0 Å². The van der Waals surface area contributed by atoms with E-state index in [2.05, 4.69) is 37.9 Å². The van der Waals surface area contributed by atoms with E-state index in [1.165, 1.54) is 0 Å². The molecule has 2 nitrogen and oxygen atoms in total. The number of halogens is 2. The largest absolute Gasteiger partial charge is 0.491 e. The van der Waals surface area contributed by atoms with Gasteiger partial charge in [-0.2, -0.15) is 5.26 Å². The van der Waals surface area contributed by atoms with Crippen LogP contribution in [0, 0.1) is 16.7 Å². The van der Waals surface area contributed by atoms with Crippen LogP contribution in [0.25, 0.3) is 0 Å². The molecule has 1 rings (SSSR count). The predicted octanol–water partition coefficient (Wildman–Crippen LogP) is 5.31. The van der Waals surface area contributed by atoms with Gasteiger partial charge in [-0.3, -0.25) is 0 Å². The van der Waals surface area contributed by atoms with Crippen molar-refractivity contribution in [3.63, 3.8) is 0 Å². The van der Waals surface area contributed by atoms with E-state index in [1.54, 1.807) is 0 Å². The van der Waals surface area contributed by atoms with Crippen molar-refractivity contribution in [3.8, 4) is 11.8 Å². The summed E-state index contributed by atoms with van der Waals surface area (Å²) in [5.74, 6) is 0.844. The van der Waals surface area contributed by atoms with Gasteiger partial charge in [0, 0.05) is 0 Å². The number of benzene rings is 1. The molecule has 18 heavy (non-hydrogen) atoms. The van der Waals surface area contributed by atoms with Crippen LogP contribution < -0.4 is 4.74 Å². The Bertz CT molecular complexity index is 418. The third-order valence-electron chi connectivity index (χ3n) is 2.66. The van der Waals surface area contributed by atoms with Crippen molar-refractivity contribution in [1.82, 2.24) is 0 Å². The molecule has 0 radical (unpaired) electrons. The predicted molar refractivity (Wildman–Crippen MR) is 80.6 cm³/mol. The number of hydrogen-bond donors (Lipinski definition) is 0. The SMILES string of the molecule is CC(C)(C#N)CCCCOc1c(Br)cccc1Br. The highest BCUT2D eigenvalue weighted by Crippen LogP contribution is 2.33. The highest BCUT2D eigenvalue weighted by atomic mass is 79.9.